The molecule has 1 aliphatic carbocycles. The Hall–Kier alpha value is -2.70. The maximum atomic E-state index is 13.3. The molecule has 0 atom stereocenters. The van der Waals surface area contributed by atoms with Crippen molar-refractivity contribution < 1.29 is 66.7 Å². The van der Waals surface area contributed by atoms with Gasteiger partial charge in [-0.05, 0) is 30.7 Å². The fourth-order valence-electron chi connectivity index (χ4n) is 3.77. The average molecular weight is 500 g/mol. The zero-order chi connectivity index (χ0) is 24.3. The van der Waals surface area contributed by atoms with Gasteiger partial charge in [0.15, 0.2) is 11.6 Å². The van der Waals surface area contributed by atoms with Gasteiger partial charge in [0.25, 0.3) is 10.1 Å². The number of hydrogen-bond acceptors (Lipinski definition) is 6. The molecule has 4 rings (SSSR count). The minimum absolute atomic E-state index is 0. The monoisotopic (exact) mass is 500 g/mol. The van der Waals surface area contributed by atoms with Crippen LogP contribution in [-0.4, -0.2) is 24.5 Å². The molecule has 0 aromatic heterocycles. The molecule has 0 saturated heterocycles. The summed E-state index contributed by atoms with van der Waals surface area (Å²) in [5.41, 5.74) is 3.07. The molecule has 0 spiro atoms. The van der Waals surface area contributed by atoms with Crippen molar-refractivity contribution in [1.29, 1.82) is 0 Å². The first-order valence-corrected chi connectivity index (χ1v) is 10.8. The van der Waals surface area contributed by atoms with Crippen LogP contribution in [0.2, 0.25) is 0 Å². The van der Waals surface area contributed by atoms with Gasteiger partial charge in [-0.15, -0.1) is 0 Å². The van der Waals surface area contributed by atoms with Crippen molar-refractivity contribution in [1.82, 2.24) is 0 Å². The van der Waals surface area contributed by atoms with Crippen molar-refractivity contribution in [3.05, 3.63) is 81.9 Å². The molecule has 0 amide bonds. The van der Waals surface area contributed by atoms with Gasteiger partial charge in [0, 0.05) is 16.8 Å². The van der Waals surface area contributed by atoms with E-state index in [2.05, 4.69) is 5.32 Å². The summed E-state index contributed by atoms with van der Waals surface area (Å²) in [6.07, 6.45) is -4.66. The van der Waals surface area contributed by atoms with Crippen LogP contribution in [-0.2, 0) is 16.3 Å². The second kappa shape index (κ2) is 8.82. The number of aryl methyl sites for hydroxylation is 1. The van der Waals surface area contributed by atoms with E-state index in [9.17, 15) is 35.7 Å². The first-order chi connectivity index (χ1) is 15.3. The van der Waals surface area contributed by atoms with Crippen molar-refractivity contribution in [3.63, 3.8) is 0 Å². The van der Waals surface area contributed by atoms with Crippen LogP contribution in [0.3, 0.4) is 0 Å². The minimum atomic E-state index is -4.95. The van der Waals surface area contributed by atoms with Gasteiger partial charge in [-0.3, -0.25) is 14.1 Å². The van der Waals surface area contributed by atoms with Gasteiger partial charge in [-0.25, -0.2) is 0 Å². The molecule has 0 fully saturated rings. The SMILES string of the molecule is Cc1ccc(Nc2cc(S(=O)(=O)O)c(N)c3c2C(=O)c2ccccc2C3=O)cc1C(F)(F)F.[H-].[Na+]. The van der Waals surface area contributed by atoms with E-state index < -0.39 is 49.6 Å². The summed E-state index contributed by atoms with van der Waals surface area (Å²) < 4.78 is 73.4. The predicted octanol–water partition coefficient (Wildman–Crippen LogP) is 1.48. The van der Waals surface area contributed by atoms with Crippen LogP contribution in [0, 0.1) is 6.92 Å². The van der Waals surface area contributed by atoms with Crippen LogP contribution in [0.1, 0.15) is 44.4 Å². The number of carbonyl (C=O) groups excluding carboxylic acids is 2. The zero-order valence-electron chi connectivity index (χ0n) is 18.8. The Labute approximate surface area is 215 Å². The molecule has 4 N–H and O–H groups in total. The van der Waals surface area contributed by atoms with Crippen LogP contribution in [0.15, 0.2) is 53.4 Å². The molecule has 0 bridgehead atoms. The summed E-state index contributed by atoms with van der Waals surface area (Å²) in [6.45, 7) is 1.27. The van der Waals surface area contributed by atoms with Crippen molar-refractivity contribution in [2.75, 3.05) is 11.1 Å². The Kier molecular flexibility index (Phi) is 6.72. The van der Waals surface area contributed by atoms with E-state index in [1.54, 1.807) is 0 Å². The maximum absolute atomic E-state index is 13.3. The topological polar surface area (TPSA) is 127 Å². The van der Waals surface area contributed by atoms with Crippen molar-refractivity contribution >= 4 is 38.7 Å². The third-order valence-electron chi connectivity index (χ3n) is 5.30. The molecule has 0 heterocycles. The van der Waals surface area contributed by atoms with Crippen molar-refractivity contribution in [3.8, 4) is 0 Å². The first kappa shape index (κ1) is 25.9. The number of nitrogens with two attached hydrogens (primary N) is 1. The van der Waals surface area contributed by atoms with Gasteiger partial charge in [-0.2, -0.15) is 21.6 Å². The summed E-state index contributed by atoms with van der Waals surface area (Å²) in [6, 6.07) is 9.87. The second-order valence-electron chi connectivity index (χ2n) is 7.42. The molecule has 3 aromatic carbocycles. The number of carbonyl (C=O) groups is 2. The van der Waals surface area contributed by atoms with Crippen molar-refractivity contribution in [2.24, 2.45) is 0 Å². The quantitative estimate of drug-likeness (QED) is 0.221. The van der Waals surface area contributed by atoms with Crippen molar-refractivity contribution in [2.45, 2.75) is 18.0 Å². The zero-order valence-corrected chi connectivity index (χ0v) is 20.6. The summed E-state index contributed by atoms with van der Waals surface area (Å²) >= 11 is 0. The third kappa shape index (κ3) is 4.37. The number of rotatable bonds is 3. The Morgan fingerprint density at radius 2 is 1.53 bits per heavy atom. The number of anilines is 3. The predicted molar refractivity (Wildman–Crippen MR) is 115 cm³/mol. The van der Waals surface area contributed by atoms with E-state index in [1.165, 1.54) is 43.3 Å². The summed E-state index contributed by atoms with van der Waals surface area (Å²) in [5, 5.41) is 2.59. The normalized spacial score (nSPS) is 13.1. The Bertz CT molecular complexity index is 1480. The van der Waals surface area contributed by atoms with E-state index in [0.29, 0.717) is 0 Å². The summed E-state index contributed by atoms with van der Waals surface area (Å²) in [5.74, 6) is -1.44. The van der Waals surface area contributed by atoms with Crippen LogP contribution < -0.4 is 40.6 Å². The van der Waals surface area contributed by atoms with Gasteiger partial charge in [0.05, 0.1) is 28.1 Å². The second-order valence-corrected chi connectivity index (χ2v) is 8.81. The molecule has 1 aliphatic rings. The molecular weight excluding hydrogens is 484 g/mol. The molecule has 3 aromatic rings. The number of benzene rings is 3. The Morgan fingerprint density at radius 1 is 0.971 bits per heavy atom. The Morgan fingerprint density at radius 3 is 2.06 bits per heavy atom. The number of nitrogens with one attached hydrogen (secondary N) is 1. The van der Waals surface area contributed by atoms with E-state index in [-0.39, 0.29) is 64.6 Å². The van der Waals surface area contributed by atoms with Gasteiger partial charge in [0.1, 0.15) is 4.90 Å². The molecule has 0 radical (unpaired) electrons. The van der Waals surface area contributed by atoms with E-state index in [4.69, 9.17) is 5.73 Å². The van der Waals surface area contributed by atoms with Crippen LogP contribution >= 0.6 is 0 Å². The number of ketones is 2. The summed E-state index contributed by atoms with van der Waals surface area (Å²) in [7, 11) is -4.95. The van der Waals surface area contributed by atoms with E-state index in [0.717, 1.165) is 12.1 Å². The number of halogens is 3. The fourth-order valence-corrected chi connectivity index (χ4v) is 4.41. The van der Waals surface area contributed by atoms with E-state index >= 15 is 0 Å². The molecular formula is C22H16F3N2NaO5S. The largest absolute Gasteiger partial charge is 1.00 e. The van der Waals surface area contributed by atoms with Crippen LogP contribution in [0.5, 0.6) is 0 Å². The first-order valence-electron chi connectivity index (χ1n) is 9.38. The third-order valence-corrected chi connectivity index (χ3v) is 6.19. The van der Waals surface area contributed by atoms with Gasteiger partial charge in [-0.1, -0.05) is 30.3 Å². The maximum Gasteiger partial charge on any atom is 1.00 e. The molecule has 0 unspecified atom stereocenters. The molecule has 0 saturated carbocycles. The molecule has 7 nitrogen and oxygen atoms in total. The van der Waals surface area contributed by atoms with Crippen LogP contribution in [0.25, 0.3) is 0 Å². The minimum Gasteiger partial charge on any atom is -1.00 e. The Balaban J connectivity index is 0.00000216. The summed E-state index contributed by atoms with van der Waals surface area (Å²) in [4.78, 5) is 25.5. The molecule has 172 valence electrons. The number of hydrogen-bond donors (Lipinski definition) is 3. The number of alkyl halides is 3. The van der Waals surface area contributed by atoms with E-state index in [1.807, 2.05) is 0 Å². The standard InChI is InChI=1S/C22H15F3N2O5S.Na.H/c1-10-6-7-11(8-14(10)22(23,24)25)27-15-9-16(33(30,31)32)19(26)18-17(15)20(28)12-4-2-3-5-13(12)21(18)29;;/h2-9,27H,26H2,1H3,(H,30,31,32);;/q;+1;-1. The van der Waals surface area contributed by atoms with Gasteiger partial charge >= 0.3 is 35.7 Å². The van der Waals surface area contributed by atoms with Crippen LogP contribution in [0.4, 0.5) is 30.2 Å². The fraction of sp³-hybridized carbons (Fsp3) is 0.0909. The average Bonchev–Trinajstić information content (AvgIpc) is 2.72. The van der Waals surface area contributed by atoms with Gasteiger partial charge in [0.2, 0.25) is 0 Å². The molecule has 0 aliphatic heterocycles. The van der Waals surface area contributed by atoms with Gasteiger partial charge < -0.3 is 12.5 Å². The smallest absolute Gasteiger partial charge is 1.00 e. The molecule has 34 heavy (non-hydrogen) atoms. The number of fused-ring (bicyclic) bond motifs is 2. The molecule has 12 heteroatoms. The number of nitrogen functional groups attached to an aromatic ring is 1.